The smallest absolute Gasteiger partial charge is 0.263 e. The van der Waals surface area contributed by atoms with Crippen molar-refractivity contribution in [2.75, 3.05) is 26.2 Å². The van der Waals surface area contributed by atoms with E-state index in [1.165, 1.54) is 19.5 Å². The molecule has 0 aliphatic carbocycles. The van der Waals surface area contributed by atoms with E-state index in [0.29, 0.717) is 6.04 Å². The highest BCUT2D eigenvalue weighted by Gasteiger charge is 2.31. The van der Waals surface area contributed by atoms with Gasteiger partial charge in [-0.05, 0) is 42.5 Å². The van der Waals surface area contributed by atoms with Crippen LogP contribution in [0, 0.1) is 11.8 Å². The van der Waals surface area contributed by atoms with Crippen molar-refractivity contribution in [3.05, 3.63) is 22.4 Å². The molecular weight excluding hydrogens is 280 g/mol. The first-order valence-corrected chi connectivity index (χ1v) is 9.08. The summed E-state index contributed by atoms with van der Waals surface area (Å²) in [7, 11) is 0. The van der Waals surface area contributed by atoms with Gasteiger partial charge >= 0.3 is 0 Å². The maximum Gasteiger partial charge on any atom is 0.263 e. The Labute approximate surface area is 131 Å². The quantitative estimate of drug-likeness (QED) is 0.837. The SMILES string of the molecule is C[C@@H]1C[C@H](C)CN(C2CCN(C(=O)c3cccs3)CC2)C1. The van der Waals surface area contributed by atoms with Gasteiger partial charge in [-0.25, -0.2) is 0 Å². The van der Waals surface area contributed by atoms with Crippen LogP contribution in [0.5, 0.6) is 0 Å². The van der Waals surface area contributed by atoms with E-state index in [9.17, 15) is 4.79 Å². The summed E-state index contributed by atoms with van der Waals surface area (Å²) in [5.74, 6) is 1.86. The zero-order chi connectivity index (χ0) is 14.8. The van der Waals surface area contributed by atoms with Gasteiger partial charge in [-0.15, -0.1) is 11.3 Å². The molecule has 2 aliphatic rings. The molecule has 2 atom stereocenters. The van der Waals surface area contributed by atoms with Crippen molar-refractivity contribution in [1.82, 2.24) is 9.80 Å². The topological polar surface area (TPSA) is 23.6 Å². The van der Waals surface area contributed by atoms with Gasteiger partial charge in [0, 0.05) is 32.2 Å². The lowest BCUT2D eigenvalue weighted by molar-refractivity contribution is 0.0453. The molecule has 4 heteroatoms. The monoisotopic (exact) mass is 306 g/mol. The fourth-order valence-corrected chi connectivity index (χ4v) is 4.69. The van der Waals surface area contributed by atoms with Gasteiger partial charge in [0.2, 0.25) is 0 Å². The van der Waals surface area contributed by atoms with E-state index >= 15 is 0 Å². The number of hydrogen-bond donors (Lipinski definition) is 0. The van der Waals surface area contributed by atoms with E-state index in [1.54, 1.807) is 11.3 Å². The van der Waals surface area contributed by atoms with Gasteiger partial charge in [-0.1, -0.05) is 19.9 Å². The first-order chi connectivity index (χ1) is 10.1. The van der Waals surface area contributed by atoms with Crippen LogP contribution in [-0.4, -0.2) is 47.9 Å². The van der Waals surface area contributed by atoms with Crippen molar-refractivity contribution in [2.45, 2.75) is 39.2 Å². The second kappa shape index (κ2) is 6.49. The molecule has 1 amide bonds. The van der Waals surface area contributed by atoms with Gasteiger partial charge in [-0.2, -0.15) is 0 Å². The first-order valence-electron chi connectivity index (χ1n) is 8.20. The zero-order valence-electron chi connectivity index (χ0n) is 13.1. The molecule has 3 heterocycles. The Hall–Kier alpha value is -0.870. The lowest BCUT2D eigenvalue weighted by atomic mass is 9.89. The molecule has 116 valence electrons. The highest BCUT2D eigenvalue weighted by Crippen LogP contribution is 2.27. The predicted molar refractivity (Wildman–Crippen MR) is 87.8 cm³/mol. The summed E-state index contributed by atoms with van der Waals surface area (Å²) < 4.78 is 0. The van der Waals surface area contributed by atoms with Crippen LogP contribution < -0.4 is 0 Å². The molecule has 0 unspecified atom stereocenters. The summed E-state index contributed by atoms with van der Waals surface area (Å²) in [5.41, 5.74) is 0. The van der Waals surface area contributed by atoms with Crippen LogP contribution in [0.2, 0.25) is 0 Å². The molecule has 21 heavy (non-hydrogen) atoms. The van der Waals surface area contributed by atoms with Crippen LogP contribution in [0.25, 0.3) is 0 Å². The van der Waals surface area contributed by atoms with E-state index in [1.807, 2.05) is 22.4 Å². The van der Waals surface area contributed by atoms with E-state index in [-0.39, 0.29) is 5.91 Å². The van der Waals surface area contributed by atoms with Gasteiger partial charge < -0.3 is 4.90 Å². The number of nitrogens with zero attached hydrogens (tertiary/aromatic N) is 2. The van der Waals surface area contributed by atoms with Crippen LogP contribution in [-0.2, 0) is 0 Å². The Balaban J connectivity index is 1.54. The van der Waals surface area contributed by atoms with E-state index < -0.39 is 0 Å². The van der Waals surface area contributed by atoms with E-state index in [2.05, 4.69) is 18.7 Å². The number of rotatable bonds is 2. The summed E-state index contributed by atoms with van der Waals surface area (Å²) in [6.45, 7) is 9.07. The van der Waals surface area contributed by atoms with Crippen LogP contribution >= 0.6 is 11.3 Å². The largest absolute Gasteiger partial charge is 0.338 e. The average molecular weight is 306 g/mol. The van der Waals surface area contributed by atoms with Crippen molar-refractivity contribution in [3.63, 3.8) is 0 Å². The maximum absolute atomic E-state index is 12.4. The highest BCUT2D eigenvalue weighted by molar-refractivity contribution is 7.12. The van der Waals surface area contributed by atoms with E-state index in [0.717, 1.165) is 42.6 Å². The molecule has 3 nitrogen and oxygen atoms in total. The van der Waals surface area contributed by atoms with Crippen molar-refractivity contribution in [3.8, 4) is 0 Å². The fraction of sp³-hybridized carbons (Fsp3) is 0.706. The van der Waals surface area contributed by atoms with Gasteiger partial charge in [0.25, 0.3) is 5.91 Å². The third-order valence-electron chi connectivity index (χ3n) is 4.90. The first kappa shape index (κ1) is 15.0. The van der Waals surface area contributed by atoms with Crippen molar-refractivity contribution in [2.24, 2.45) is 11.8 Å². The second-order valence-electron chi connectivity index (χ2n) is 6.90. The summed E-state index contributed by atoms with van der Waals surface area (Å²) in [6.07, 6.45) is 3.64. The number of likely N-dealkylation sites (tertiary alicyclic amines) is 2. The Morgan fingerprint density at radius 2 is 1.86 bits per heavy atom. The summed E-state index contributed by atoms with van der Waals surface area (Å²) in [6, 6.07) is 4.58. The standard InChI is InChI=1S/C17H26N2OS/c1-13-10-14(2)12-19(11-13)15-5-7-18(8-6-15)17(20)16-4-3-9-21-16/h3-4,9,13-15H,5-8,10-12H2,1-2H3/t13-,14+. The number of carbonyl (C=O) groups is 1. The molecule has 1 aromatic rings. The Morgan fingerprint density at radius 3 is 2.43 bits per heavy atom. The molecule has 0 N–H and O–H groups in total. The molecule has 3 rings (SSSR count). The molecule has 2 fully saturated rings. The van der Waals surface area contributed by atoms with Crippen molar-refractivity contribution in [1.29, 1.82) is 0 Å². The minimum Gasteiger partial charge on any atom is -0.338 e. The predicted octanol–water partition coefficient (Wildman–Crippen LogP) is 3.33. The second-order valence-corrected chi connectivity index (χ2v) is 7.85. The molecule has 0 spiro atoms. The average Bonchev–Trinajstić information content (AvgIpc) is 3.00. The molecule has 2 saturated heterocycles. The van der Waals surface area contributed by atoms with E-state index in [4.69, 9.17) is 0 Å². The number of piperidine rings is 2. The van der Waals surface area contributed by atoms with Crippen molar-refractivity contribution < 1.29 is 4.79 Å². The van der Waals surface area contributed by atoms with Crippen molar-refractivity contribution >= 4 is 17.2 Å². The minimum atomic E-state index is 0.226. The summed E-state index contributed by atoms with van der Waals surface area (Å²) in [4.78, 5) is 18.0. The van der Waals surface area contributed by atoms with Crippen LogP contribution in [0.4, 0.5) is 0 Å². The molecule has 0 bridgehead atoms. The highest BCUT2D eigenvalue weighted by atomic mass is 32.1. The Morgan fingerprint density at radius 1 is 1.19 bits per heavy atom. The summed E-state index contributed by atoms with van der Waals surface area (Å²) in [5, 5.41) is 1.98. The van der Waals surface area contributed by atoms with Crippen LogP contribution in [0.15, 0.2) is 17.5 Å². The van der Waals surface area contributed by atoms with Crippen LogP contribution in [0.1, 0.15) is 42.8 Å². The van der Waals surface area contributed by atoms with Crippen LogP contribution in [0.3, 0.4) is 0 Å². The van der Waals surface area contributed by atoms with Gasteiger partial charge in [0.05, 0.1) is 4.88 Å². The Bertz CT molecular complexity index is 455. The van der Waals surface area contributed by atoms with Gasteiger partial charge in [-0.3, -0.25) is 9.69 Å². The van der Waals surface area contributed by atoms with Gasteiger partial charge in [0.1, 0.15) is 0 Å². The third-order valence-corrected chi connectivity index (χ3v) is 5.76. The molecule has 0 aromatic carbocycles. The van der Waals surface area contributed by atoms with Gasteiger partial charge in [0.15, 0.2) is 0 Å². The maximum atomic E-state index is 12.4. The molecule has 2 aliphatic heterocycles. The number of carbonyl (C=O) groups excluding carboxylic acids is 1. The lowest BCUT2D eigenvalue weighted by Crippen LogP contribution is -2.50. The lowest BCUT2D eigenvalue weighted by Gasteiger charge is -2.43. The molecule has 0 saturated carbocycles. The molecule has 0 radical (unpaired) electrons. The molecule has 1 aromatic heterocycles. The Kier molecular flexibility index (Phi) is 4.65. The fourth-order valence-electron chi connectivity index (χ4n) is 4.00. The number of thiophene rings is 1. The zero-order valence-corrected chi connectivity index (χ0v) is 13.9. The third kappa shape index (κ3) is 3.49. The minimum absolute atomic E-state index is 0.226. The number of hydrogen-bond acceptors (Lipinski definition) is 3. The molecular formula is C17H26N2OS. The normalized spacial score (nSPS) is 28.8. The summed E-state index contributed by atoms with van der Waals surface area (Å²) >= 11 is 1.55. The number of amides is 1.